The summed E-state index contributed by atoms with van der Waals surface area (Å²) in [6.07, 6.45) is 0. The maximum Gasteiger partial charge on any atom is 0.257 e. The van der Waals surface area contributed by atoms with E-state index in [0.29, 0.717) is 30.2 Å². The van der Waals surface area contributed by atoms with E-state index in [1.54, 1.807) is 26.4 Å². The van der Waals surface area contributed by atoms with Gasteiger partial charge in [-0.2, -0.15) is 0 Å². The van der Waals surface area contributed by atoms with E-state index >= 15 is 0 Å². The van der Waals surface area contributed by atoms with Gasteiger partial charge in [0.15, 0.2) is 11.5 Å². The summed E-state index contributed by atoms with van der Waals surface area (Å²) in [6.45, 7) is 2.92. The number of ether oxygens (including phenoxy) is 2. The van der Waals surface area contributed by atoms with Gasteiger partial charge in [-0.15, -0.1) is 0 Å². The SMILES string of the molecule is COc1cccc(C(=O)N2CCN(C(c3ccccc3)c3ccccc3)CC2)c1OC. The second-order valence-corrected chi connectivity index (χ2v) is 7.59. The average molecular weight is 417 g/mol. The van der Waals surface area contributed by atoms with Crippen LogP contribution in [0.5, 0.6) is 11.5 Å². The molecule has 0 aliphatic carbocycles. The van der Waals surface area contributed by atoms with Crippen LogP contribution in [-0.2, 0) is 0 Å². The molecule has 31 heavy (non-hydrogen) atoms. The van der Waals surface area contributed by atoms with Crippen molar-refractivity contribution in [2.24, 2.45) is 0 Å². The van der Waals surface area contributed by atoms with E-state index in [4.69, 9.17) is 9.47 Å². The third-order valence-corrected chi connectivity index (χ3v) is 5.83. The predicted octanol–water partition coefficient (Wildman–Crippen LogP) is 4.25. The summed E-state index contributed by atoms with van der Waals surface area (Å²) >= 11 is 0. The van der Waals surface area contributed by atoms with Crippen molar-refractivity contribution in [3.63, 3.8) is 0 Å². The minimum absolute atomic E-state index is 0.0219. The minimum Gasteiger partial charge on any atom is -0.493 e. The molecule has 4 rings (SSSR count). The molecule has 1 aliphatic rings. The highest BCUT2D eigenvalue weighted by atomic mass is 16.5. The summed E-state index contributed by atoms with van der Waals surface area (Å²) in [6, 6.07) is 26.7. The Balaban J connectivity index is 1.53. The first-order valence-electron chi connectivity index (χ1n) is 10.6. The molecule has 0 bridgehead atoms. The number of hydrogen-bond acceptors (Lipinski definition) is 4. The Labute approximate surface area is 183 Å². The van der Waals surface area contributed by atoms with Crippen molar-refractivity contribution in [3.05, 3.63) is 95.6 Å². The highest BCUT2D eigenvalue weighted by Gasteiger charge is 2.30. The highest BCUT2D eigenvalue weighted by molar-refractivity contribution is 5.98. The lowest BCUT2D eigenvalue weighted by Gasteiger charge is -2.40. The number of piperazine rings is 1. The standard InChI is InChI=1S/C26H28N2O3/c1-30-23-15-9-14-22(25(23)31-2)26(29)28-18-16-27(17-19-28)24(20-10-5-3-6-11-20)21-12-7-4-8-13-21/h3-15,24H,16-19H2,1-2H3. The van der Waals surface area contributed by atoms with Crippen LogP contribution in [-0.4, -0.2) is 56.1 Å². The van der Waals surface area contributed by atoms with Gasteiger partial charge in [0.05, 0.1) is 25.8 Å². The van der Waals surface area contributed by atoms with Crippen molar-refractivity contribution in [2.75, 3.05) is 40.4 Å². The molecule has 1 fully saturated rings. The van der Waals surface area contributed by atoms with Crippen LogP contribution < -0.4 is 9.47 Å². The number of rotatable bonds is 6. The number of para-hydroxylation sites is 1. The molecular formula is C26H28N2O3. The maximum absolute atomic E-state index is 13.2. The summed E-state index contributed by atoms with van der Waals surface area (Å²) in [5.41, 5.74) is 3.07. The molecule has 3 aromatic carbocycles. The van der Waals surface area contributed by atoms with Crippen LogP contribution in [0.4, 0.5) is 0 Å². The van der Waals surface area contributed by atoms with E-state index < -0.39 is 0 Å². The smallest absolute Gasteiger partial charge is 0.257 e. The topological polar surface area (TPSA) is 42.0 Å². The third kappa shape index (κ3) is 4.42. The van der Waals surface area contributed by atoms with Gasteiger partial charge in [0, 0.05) is 26.2 Å². The molecule has 0 unspecified atom stereocenters. The lowest BCUT2D eigenvalue weighted by Crippen LogP contribution is -2.49. The van der Waals surface area contributed by atoms with E-state index in [1.807, 2.05) is 23.1 Å². The van der Waals surface area contributed by atoms with Gasteiger partial charge in [-0.05, 0) is 23.3 Å². The highest BCUT2D eigenvalue weighted by Crippen LogP contribution is 2.33. The van der Waals surface area contributed by atoms with Gasteiger partial charge in [0.2, 0.25) is 0 Å². The summed E-state index contributed by atoms with van der Waals surface area (Å²) in [5, 5.41) is 0. The van der Waals surface area contributed by atoms with E-state index in [0.717, 1.165) is 13.1 Å². The normalized spacial score (nSPS) is 14.5. The molecule has 0 saturated carbocycles. The number of benzene rings is 3. The Hall–Kier alpha value is -3.31. The van der Waals surface area contributed by atoms with E-state index in [-0.39, 0.29) is 11.9 Å². The monoisotopic (exact) mass is 416 g/mol. The number of methoxy groups -OCH3 is 2. The van der Waals surface area contributed by atoms with Crippen LogP contribution >= 0.6 is 0 Å². The zero-order valence-corrected chi connectivity index (χ0v) is 18.0. The molecule has 1 aliphatic heterocycles. The predicted molar refractivity (Wildman–Crippen MR) is 122 cm³/mol. The largest absolute Gasteiger partial charge is 0.493 e. The van der Waals surface area contributed by atoms with Gasteiger partial charge in [-0.3, -0.25) is 9.69 Å². The molecule has 160 valence electrons. The molecule has 0 aromatic heterocycles. The molecule has 0 spiro atoms. The van der Waals surface area contributed by atoms with Crippen LogP contribution in [0, 0.1) is 0 Å². The second-order valence-electron chi connectivity index (χ2n) is 7.59. The third-order valence-electron chi connectivity index (χ3n) is 5.83. The van der Waals surface area contributed by atoms with Crippen molar-refractivity contribution in [1.29, 1.82) is 0 Å². The minimum atomic E-state index is -0.0219. The van der Waals surface area contributed by atoms with E-state index in [1.165, 1.54) is 11.1 Å². The van der Waals surface area contributed by atoms with E-state index in [9.17, 15) is 4.79 Å². The summed E-state index contributed by atoms with van der Waals surface area (Å²) < 4.78 is 10.8. The van der Waals surface area contributed by atoms with Crippen molar-refractivity contribution in [1.82, 2.24) is 9.80 Å². The molecule has 5 nitrogen and oxygen atoms in total. The molecule has 0 radical (unpaired) electrons. The first-order valence-corrected chi connectivity index (χ1v) is 10.6. The zero-order chi connectivity index (χ0) is 21.6. The van der Waals surface area contributed by atoms with Crippen LogP contribution in [0.15, 0.2) is 78.9 Å². The fourth-order valence-corrected chi connectivity index (χ4v) is 4.29. The Morgan fingerprint density at radius 2 is 1.32 bits per heavy atom. The second kappa shape index (κ2) is 9.67. The molecule has 1 saturated heterocycles. The Morgan fingerprint density at radius 1 is 0.742 bits per heavy atom. The van der Waals surface area contributed by atoms with Crippen LogP contribution in [0.3, 0.4) is 0 Å². The molecule has 5 heteroatoms. The van der Waals surface area contributed by atoms with Gasteiger partial charge in [-0.1, -0.05) is 66.7 Å². The van der Waals surface area contributed by atoms with Crippen LogP contribution in [0.1, 0.15) is 27.5 Å². The molecule has 1 heterocycles. The molecule has 0 atom stereocenters. The van der Waals surface area contributed by atoms with Gasteiger partial charge in [-0.25, -0.2) is 0 Å². The van der Waals surface area contributed by atoms with Gasteiger partial charge >= 0.3 is 0 Å². The Morgan fingerprint density at radius 3 is 1.84 bits per heavy atom. The average Bonchev–Trinajstić information content (AvgIpc) is 2.85. The maximum atomic E-state index is 13.2. The summed E-state index contributed by atoms with van der Waals surface area (Å²) in [5.74, 6) is 1.04. The summed E-state index contributed by atoms with van der Waals surface area (Å²) in [7, 11) is 3.15. The number of hydrogen-bond donors (Lipinski definition) is 0. The quantitative estimate of drug-likeness (QED) is 0.602. The molecule has 3 aromatic rings. The number of carbonyl (C=O) groups excluding carboxylic acids is 1. The van der Waals surface area contributed by atoms with Crippen molar-refractivity contribution >= 4 is 5.91 Å². The van der Waals surface area contributed by atoms with Crippen LogP contribution in [0.25, 0.3) is 0 Å². The first kappa shape index (κ1) is 20.9. The number of carbonyl (C=O) groups is 1. The Bertz CT molecular complexity index is 960. The fraction of sp³-hybridized carbons (Fsp3) is 0.269. The molecule has 0 N–H and O–H groups in total. The van der Waals surface area contributed by atoms with Gasteiger partial charge in [0.1, 0.15) is 0 Å². The van der Waals surface area contributed by atoms with Crippen LogP contribution in [0.2, 0.25) is 0 Å². The van der Waals surface area contributed by atoms with Crippen molar-refractivity contribution in [3.8, 4) is 11.5 Å². The van der Waals surface area contributed by atoms with E-state index in [2.05, 4.69) is 53.4 Å². The summed E-state index contributed by atoms with van der Waals surface area (Å²) in [4.78, 5) is 17.6. The molecular weight excluding hydrogens is 388 g/mol. The zero-order valence-electron chi connectivity index (χ0n) is 18.0. The number of nitrogens with zero attached hydrogens (tertiary/aromatic N) is 2. The Kier molecular flexibility index (Phi) is 6.53. The van der Waals surface area contributed by atoms with Crippen molar-refractivity contribution < 1.29 is 14.3 Å². The number of amides is 1. The lowest BCUT2D eigenvalue weighted by atomic mass is 9.96. The fourth-order valence-electron chi connectivity index (χ4n) is 4.29. The van der Waals surface area contributed by atoms with Crippen molar-refractivity contribution in [2.45, 2.75) is 6.04 Å². The lowest BCUT2D eigenvalue weighted by molar-refractivity contribution is 0.0593. The molecule has 1 amide bonds. The first-order chi connectivity index (χ1) is 15.2. The van der Waals surface area contributed by atoms with Gasteiger partial charge in [0.25, 0.3) is 5.91 Å². The van der Waals surface area contributed by atoms with Gasteiger partial charge < -0.3 is 14.4 Å².